The van der Waals surface area contributed by atoms with Crippen LogP contribution in [0, 0.1) is 5.92 Å². The Morgan fingerprint density at radius 3 is 2.26 bits per heavy atom. The molecule has 4 rings (SSSR count). The molecule has 1 heterocycles. The molecular formula is C33H45N5O5. The summed E-state index contributed by atoms with van der Waals surface area (Å²) in [5, 5.41) is 11.3. The zero-order chi connectivity index (χ0) is 30.8. The van der Waals surface area contributed by atoms with Gasteiger partial charge in [-0.25, -0.2) is 4.79 Å². The van der Waals surface area contributed by atoms with Crippen molar-refractivity contribution in [2.75, 3.05) is 13.1 Å². The van der Waals surface area contributed by atoms with Gasteiger partial charge in [-0.3, -0.25) is 19.2 Å². The monoisotopic (exact) mass is 591 g/mol. The normalized spacial score (nSPS) is 19.9. The number of nitrogens with zero attached hydrogens (tertiary/aromatic N) is 1. The van der Waals surface area contributed by atoms with Crippen LogP contribution < -0.4 is 21.3 Å². The average molecular weight is 592 g/mol. The molecule has 0 bridgehead atoms. The van der Waals surface area contributed by atoms with Crippen LogP contribution in [0.25, 0.3) is 0 Å². The second kappa shape index (κ2) is 15.5. The summed E-state index contributed by atoms with van der Waals surface area (Å²) in [7, 11) is 0. The molecule has 2 aliphatic carbocycles. The molecule has 43 heavy (non-hydrogen) atoms. The van der Waals surface area contributed by atoms with E-state index in [1.165, 1.54) is 17.4 Å². The number of likely N-dealkylation sites (tertiary alicyclic amines) is 1. The van der Waals surface area contributed by atoms with Crippen LogP contribution >= 0.6 is 0 Å². The highest BCUT2D eigenvalue weighted by molar-refractivity contribution is 6.38. The summed E-state index contributed by atoms with van der Waals surface area (Å²) in [6.07, 6.45) is 11.2. The Morgan fingerprint density at radius 1 is 0.907 bits per heavy atom. The van der Waals surface area contributed by atoms with Gasteiger partial charge in [-0.1, -0.05) is 55.7 Å². The number of hydrogen-bond acceptors (Lipinski definition) is 5. The fourth-order valence-electron chi connectivity index (χ4n) is 6.54. The van der Waals surface area contributed by atoms with E-state index in [2.05, 4.69) is 46.6 Å². The summed E-state index contributed by atoms with van der Waals surface area (Å²) in [5.41, 5.74) is 2.32. The molecule has 232 valence electrons. The molecule has 0 radical (unpaired) electrons. The van der Waals surface area contributed by atoms with E-state index in [9.17, 15) is 24.0 Å². The van der Waals surface area contributed by atoms with Crippen molar-refractivity contribution < 1.29 is 24.0 Å². The molecule has 2 fully saturated rings. The average Bonchev–Trinajstić information content (AvgIpc) is 3.68. The Hall–Kier alpha value is -3.95. The minimum atomic E-state index is -1.05. The highest BCUT2D eigenvalue weighted by Gasteiger charge is 2.43. The lowest BCUT2D eigenvalue weighted by Crippen LogP contribution is -2.59. The van der Waals surface area contributed by atoms with Gasteiger partial charge < -0.3 is 26.2 Å². The summed E-state index contributed by atoms with van der Waals surface area (Å²) >= 11 is 0. The number of amides is 5. The van der Waals surface area contributed by atoms with Crippen molar-refractivity contribution in [1.82, 2.24) is 26.2 Å². The number of hydrogen-bond donors (Lipinski definition) is 4. The Morgan fingerprint density at radius 2 is 1.60 bits per heavy atom. The van der Waals surface area contributed by atoms with E-state index >= 15 is 0 Å². The van der Waals surface area contributed by atoms with Crippen molar-refractivity contribution in [3.63, 3.8) is 0 Å². The van der Waals surface area contributed by atoms with Crippen LogP contribution in [0.15, 0.2) is 49.6 Å². The van der Waals surface area contributed by atoms with Gasteiger partial charge in [-0.05, 0) is 68.4 Å². The van der Waals surface area contributed by atoms with Crippen LogP contribution in [-0.2, 0) is 32.0 Å². The maximum atomic E-state index is 14.2. The van der Waals surface area contributed by atoms with Gasteiger partial charge in [0.1, 0.15) is 12.1 Å². The Bertz CT molecular complexity index is 1180. The van der Waals surface area contributed by atoms with Crippen molar-refractivity contribution in [3.05, 3.63) is 60.7 Å². The number of allylic oxidation sites excluding steroid dienone is 1. The van der Waals surface area contributed by atoms with Gasteiger partial charge in [0.25, 0.3) is 5.91 Å². The minimum Gasteiger partial charge on any atom is -0.346 e. The highest BCUT2D eigenvalue weighted by atomic mass is 16.2. The zero-order valence-electron chi connectivity index (χ0n) is 24.9. The van der Waals surface area contributed by atoms with Gasteiger partial charge in [-0.15, -0.1) is 13.2 Å². The van der Waals surface area contributed by atoms with Crippen molar-refractivity contribution in [3.8, 4) is 0 Å². The van der Waals surface area contributed by atoms with Crippen LogP contribution in [0.4, 0.5) is 4.79 Å². The summed E-state index contributed by atoms with van der Waals surface area (Å²) in [4.78, 5) is 67.7. The largest absolute Gasteiger partial charge is 0.346 e. The van der Waals surface area contributed by atoms with E-state index in [0.29, 0.717) is 38.6 Å². The van der Waals surface area contributed by atoms with E-state index in [1.807, 2.05) is 12.1 Å². The Balaban J connectivity index is 1.49. The van der Waals surface area contributed by atoms with Gasteiger partial charge in [-0.2, -0.15) is 0 Å². The number of Topliss-reactive ketones (excluding diaryl/α,β-unsaturated/α-hetero) is 1. The molecule has 1 aliphatic heterocycles. The van der Waals surface area contributed by atoms with Gasteiger partial charge in [0.15, 0.2) is 0 Å². The molecule has 3 atom stereocenters. The lowest BCUT2D eigenvalue weighted by Gasteiger charge is -2.33. The molecule has 1 aromatic rings. The number of nitrogens with one attached hydrogen (secondary N) is 4. The molecule has 10 heteroatoms. The first-order chi connectivity index (χ1) is 20.8. The van der Waals surface area contributed by atoms with Crippen molar-refractivity contribution in [1.29, 1.82) is 0 Å². The van der Waals surface area contributed by atoms with Gasteiger partial charge >= 0.3 is 6.03 Å². The summed E-state index contributed by atoms with van der Waals surface area (Å²) in [6.45, 7) is 7.71. The van der Waals surface area contributed by atoms with Crippen LogP contribution in [0.3, 0.4) is 0 Å². The summed E-state index contributed by atoms with van der Waals surface area (Å²) < 4.78 is 0. The Kier molecular flexibility index (Phi) is 11.5. The van der Waals surface area contributed by atoms with E-state index in [4.69, 9.17) is 0 Å². The van der Waals surface area contributed by atoms with Crippen LogP contribution in [0.5, 0.6) is 0 Å². The predicted molar refractivity (Wildman–Crippen MR) is 164 cm³/mol. The molecule has 1 saturated carbocycles. The summed E-state index contributed by atoms with van der Waals surface area (Å²) in [5.74, 6) is -2.49. The molecule has 3 aliphatic rings. The standard InChI is InChI=1S/C33H45N5O5/c1-3-5-16-26(29(39)31(41)34-18-4-2)36-30(40)27-17-11-19-38(27)32(42)28(24-20-22-12-9-10-13-23(22)21-24)37-33(43)35-25-14-7-6-8-15-25/h3-4,9-10,12-13,24-28H,1-2,5-8,11,14-21H2,(H,34,41)(H,36,40)(H2,35,37,43)/t26?,27-,28-/m0/s1. The molecule has 0 spiro atoms. The van der Waals surface area contributed by atoms with Crippen LogP contribution in [0.2, 0.25) is 0 Å². The first-order valence-corrected chi connectivity index (χ1v) is 15.6. The molecule has 1 unspecified atom stereocenters. The molecular weight excluding hydrogens is 546 g/mol. The number of ketones is 1. The van der Waals surface area contributed by atoms with Gasteiger partial charge in [0.2, 0.25) is 17.6 Å². The third kappa shape index (κ3) is 8.33. The van der Waals surface area contributed by atoms with E-state index in [0.717, 1.165) is 36.8 Å². The molecule has 1 saturated heterocycles. The highest BCUT2D eigenvalue weighted by Crippen LogP contribution is 2.31. The van der Waals surface area contributed by atoms with Crippen molar-refractivity contribution in [2.24, 2.45) is 5.92 Å². The second-order valence-corrected chi connectivity index (χ2v) is 11.8. The third-order valence-electron chi connectivity index (χ3n) is 8.81. The van der Waals surface area contributed by atoms with Gasteiger partial charge in [0.05, 0.1) is 6.04 Å². The first-order valence-electron chi connectivity index (χ1n) is 15.6. The predicted octanol–water partition coefficient (Wildman–Crippen LogP) is 2.72. The van der Waals surface area contributed by atoms with Crippen LogP contribution in [-0.4, -0.2) is 71.7 Å². The number of rotatable bonds is 13. The molecule has 5 amide bonds. The number of fused-ring (bicyclic) bond motifs is 1. The number of carbonyl (C=O) groups is 5. The van der Waals surface area contributed by atoms with E-state index in [-0.39, 0.29) is 36.9 Å². The number of benzene rings is 1. The summed E-state index contributed by atoms with van der Waals surface area (Å²) in [6, 6.07) is 5.12. The minimum absolute atomic E-state index is 0.0873. The lowest BCUT2D eigenvalue weighted by atomic mass is 9.94. The van der Waals surface area contributed by atoms with Crippen molar-refractivity contribution in [2.45, 2.75) is 94.8 Å². The maximum absolute atomic E-state index is 14.2. The molecule has 10 nitrogen and oxygen atoms in total. The fourth-order valence-corrected chi connectivity index (χ4v) is 6.54. The quantitative estimate of drug-likeness (QED) is 0.207. The maximum Gasteiger partial charge on any atom is 0.315 e. The number of urea groups is 1. The topological polar surface area (TPSA) is 137 Å². The SMILES string of the molecule is C=CCCC(NC(=O)[C@@H]1CCCN1C(=O)[C@@H](NC(=O)NC1CCCCC1)C1Cc2ccccc2C1)C(=O)C(=O)NCC=C. The molecule has 4 N–H and O–H groups in total. The first kappa shape index (κ1) is 32.0. The zero-order valence-corrected chi connectivity index (χ0v) is 24.9. The number of carbonyl (C=O) groups excluding carboxylic acids is 5. The fraction of sp³-hybridized carbons (Fsp3) is 0.545. The molecule has 0 aromatic heterocycles. The van der Waals surface area contributed by atoms with E-state index in [1.54, 1.807) is 6.08 Å². The second-order valence-electron chi connectivity index (χ2n) is 11.8. The smallest absolute Gasteiger partial charge is 0.315 e. The third-order valence-corrected chi connectivity index (χ3v) is 8.81. The van der Waals surface area contributed by atoms with Crippen molar-refractivity contribution >= 4 is 29.5 Å². The van der Waals surface area contributed by atoms with Crippen LogP contribution in [0.1, 0.15) is 68.9 Å². The van der Waals surface area contributed by atoms with Gasteiger partial charge in [0, 0.05) is 19.1 Å². The molecule has 1 aromatic carbocycles. The lowest BCUT2D eigenvalue weighted by molar-refractivity contribution is -0.143. The Labute approximate surface area is 254 Å². The van der Waals surface area contributed by atoms with E-state index < -0.39 is 35.7 Å².